The Kier molecular flexibility index (Phi) is 4.59. The number of hydrogen-bond acceptors (Lipinski definition) is 3. The highest BCUT2D eigenvalue weighted by molar-refractivity contribution is 6.30. The van der Waals surface area contributed by atoms with Crippen LogP contribution in [0.3, 0.4) is 0 Å². The molecule has 0 radical (unpaired) electrons. The Morgan fingerprint density at radius 1 is 1.25 bits per heavy atom. The van der Waals surface area contributed by atoms with Crippen molar-refractivity contribution in [3.8, 4) is 6.07 Å². The molecule has 0 fully saturated rings. The smallest absolute Gasteiger partial charge is 0.271 e. The van der Waals surface area contributed by atoms with Crippen molar-refractivity contribution in [2.24, 2.45) is 5.10 Å². The number of hydrazone groups is 1. The molecule has 1 N–H and O–H groups in total. The zero-order valence-corrected chi connectivity index (χ0v) is 13.4. The number of rotatable bonds is 4. The molecule has 1 heterocycles. The molecule has 0 aliphatic heterocycles. The maximum atomic E-state index is 12.0. The van der Waals surface area contributed by atoms with Crippen molar-refractivity contribution in [1.82, 2.24) is 9.99 Å². The van der Waals surface area contributed by atoms with Crippen molar-refractivity contribution in [2.45, 2.75) is 6.54 Å². The average Bonchev–Trinajstić information content (AvgIpc) is 2.94. The standard InChI is InChI=1S/C18H13ClN4O/c19-15-7-5-13(6-8-15)18(24)22-21-11-14-12-23(10-9-20)17-4-2-1-3-16(14)17/h1-8,11-12H,10H2,(H,22,24)/b21-11-. The van der Waals surface area contributed by atoms with E-state index < -0.39 is 0 Å². The van der Waals surface area contributed by atoms with Crippen LogP contribution in [-0.2, 0) is 6.54 Å². The molecule has 0 aliphatic carbocycles. The van der Waals surface area contributed by atoms with Crippen molar-refractivity contribution < 1.29 is 4.79 Å². The Bertz CT molecular complexity index is 951. The minimum Gasteiger partial charge on any atom is -0.333 e. The van der Waals surface area contributed by atoms with Gasteiger partial charge in [0.05, 0.1) is 12.3 Å². The van der Waals surface area contributed by atoms with Gasteiger partial charge in [-0.2, -0.15) is 10.4 Å². The Labute approximate surface area is 143 Å². The molecule has 0 unspecified atom stereocenters. The van der Waals surface area contributed by atoms with E-state index in [0.29, 0.717) is 10.6 Å². The fraction of sp³-hybridized carbons (Fsp3) is 0.0556. The number of fused-ring (bicyclic) bond motifs is 1. The summed E-state index contributed by atoms with van der Waals surface area (Å²) in [5.41, 5.74) is 4.74. The van der Waals surface area contributed by atoms with Crippen LogP contribution in [0.1, 0.15) is 15.9 Å². The molecule has 3 rings (SSSR count). The fourth-order valence-corrected chi connectivity index (χ4v) is 2.54. The van der Waals surface area contributed by atoms with Gasteiger partial charge >= 0.3 is 0 Å². The van der Waals surface area contributed by atoms with Crippen LogP contribution in [0.2, 0.25) is 5.02 Å². The molecule has 1 aromatic heterocycles. The monoisotopic (exact) mass is 336 g/mol. The predicted octanol–water partition coefficient (Wildman–Crippen LogP) is 3.58. The molecule has 1 amide bonds. The summed E-state index contributed by atoms with van der Waals surface area (Å²) >= 11 is 5.80. The maximum absolute atomic E-state index is 12.0. The van der Waals surface area contributed by atoms with Crippen molar-refractivity contribution in [2.75, 3.05) is 0 Å². The zero-order valence-electron chi connectivity index (χ0n) is 12.6. The maximum Gasteiger partial charge on any atom is 0.271 e. The molecular formula is C18H13ClN4O. The number of benzene rings is 2. The van der Waals surface area contributed by atoms with Gasteiger partial charge in [-0.25, -0.2) is 5.43 Å². The molecule has 3 aromatic rings. The first-order chi connectivity index (χ1) is 11.7. The third kappa shape index (κ3) is 3.29. The molecule has 118 valence electrons. The van der Waals surface area contributed by atoms with E-state index >= 15 is 0 Å². The first kappa shape index (κ1) is 15.8. The fourth-order valence-electron chi connectivity index (χ4n) is 2.41. The van der Waals surface area contributed by atoms with Gasteiger partial charge in [0, 0.05) is 33.2 Å². The molecule has 2 aromatic carbocycles. The van der Waals surface area contributed by atoms with E-state index in [4.69, 9.17) is 16.9 Å². The SMILES string of the molecule is N#CCn1cc(/C=N\NC(=O)c2ccc(Cl)cc2)c2ccccc21. The van der Waals surface area contributed by atoms with E-state index in [9.17, 15) is 4.79 Å². The first-order valence-electron chi connectivity index (χ1n) is 7.23. The highest BCUT2D eigenvalue weighted by Crippen LogP contribution is 2.19. The van der Waals surface area contributed by atoms with Crippen LogP contribution in [-0.4, -0.2) is 16.7 Å². The summed E-state index contributed by atoms with van der Waals surface area (Å²) in [5.74, 6) is -0.316. The molecule has 0 aliphatic rings. The number of para-hydroxylation sites is 1. The topological polar surface area (TPSA) is 70.2 Å². The Hall–Kier alpha value is -3.10. The summed E-state index contributed by atoms with van der Waals surface area (Å²) in [4.78, 5) is 12.0. The van der Waals surface area contributed by atoms with Crippen molar-refractivity contribution in [1.29, 1.82) is 5.26 Å². The molecular weight excluding hydrogens is 324 g/mol. The van der Waals surface area contributed by atoms with E-state index in [2.05, 4.69) is 16.6 Å². The third-order valence-electron chi connectivity index (χ3n) is 3.54. The summed E-state index contributed by atoms with van der Waals surface area (Å²) in [5, 5.41) is 14.5. The van der Waals surface area contributed by atoms with E-state index in [1.807, 2.05) is 35.0 Å². The molecule has 0 saturated carbocycles. The van der Waals surface area contributed by atoms with E-state index in [1.54, 1.807) is 30.5 Å². The number of halogens is 1. The largest absolute Gasteiger partial charge is 0.333 e. The number of amides is 1. The normalized spacial score (nSPS) is 10.8. The van der Waals surface area contributed by atoms with Gasteiger partial charge in [-0.15, -0.1) is 0 Å². The Morgan fingerprint density at radius 2 is 2.00 bits per heavy atom. The number of hydrogen-bond donors (Lipinski definition) is 1. The van der Waals surface area contributed by atoms with Gasteiger partial charge in [0.1, 0.15) is 6.54 Å². The van der Waals surface area contributed by atoms with Crippen LogP contribution in [0.5, 0.6) is 0 Å². The highest BCUT2D eigenvalue weighted by Gasteiger charge is 2.07. The van der Waals surface area contributed by atoms with Crippen molar-refractivity contribution in [3.63, 3.8) is 0 Å². The summed E-state index contributed by atoms with van der Waals surface area (Å²) in [6.45, 7) is 0.255. The number of carbonyl (C=O) groups excluding carboxylic acids is 1. The van der Waals surface area contributed by atoms with Crippen LogP contribution in [0.4, 0.5) is 0 Å². The van der Waals surface area contributed by atoms with Crippen LogP contribution in [0.15, 0.2) is 59.8 Å². The first-order valence-corrected chi connectivity index (χ1v) is 7.60. The van der Waals surface area contributed by atoms with E-state index in [1.165, 1.54) is 0 Å². The van der Waals surface area contributed by atoms with Crippen molar-refractivity contribution in [3.05, 3.63) is 70.9 Å². The lowest BCUT2D eigenvalue weighted by Crippen LogP contribution is -2.17. The van der Waals surface area contributed by atoms with Gasteiger partial charge in [0.25, 0.3) is 5.91 Å². The van der Waals surface area contributed by atoms with E-state index in [0.717, 1.165) is 16.5 Å². The van der Waals surface area contributed by atoms with Crippen LogP contribution in [0, 0.1) is 11.3 Å². The Balaban J connectivity index is 1.79. The molecule has 0 saturated heterocycles. The number of aromatic nitrogens is 1. The molecule has 0 bridgehead atoms. The van der Waals surface area contributed by atoms with E-state index in [-0.39, 0.29) is 12.5 Å². The molecule has 5 nitrogen and oxygen atoms in total. The number of nitrogens with one attached hydrogen (secondary N) is 1. The number of nitrogens with zero attached hydrogens (tertiary/aromatic N) is 3. The molecule has 24 heavy (non-hydrogen) atoms. The summed E-state index contributed by atoms with van der Waals surface area (Å²) in [6.07, 6.45) is 3.41. The Morgan fingerprint density at radius 3 is 2.75 bits per heavy atom. The minimum absolute atomic E-state index is 0.255. The van der Waals surface area contributed by atoms with Crippen LogP contribution < -0.4 is 5.43 Å². The van der Waals surface area contributed by atoms with Gasteiger partial charge in [-0.1, -0.05) is 29.8 Å². The van der Waals surface area contributed by atoms with Gasteiger partial charge < -0.3 is 4.57 Å². The summed E-state index contributed by atoms with van der Waals surface area (Å²) in [6, 6.07) is 16.4. The van der Waals surface area contributed by atoms with Gasteiger partial charge in [0.2, 0.25) is 0 Å². The van der Waals surface area contributed by atoms with Gasteiger partial charge in [-0.05, 0) is 30.3 Å². The second-order valence-electron chi connectivity index (χ2n) is 5.09. The minimum atomic E-state index is -0.316. The number of carbonyl (C=O) groups is 1. The lowest BCUT2D eigenvalue weighted by Gasteiger charge is -1.99. The molecule has 0 atom stereocenters. The highest BCUT2D eigenvalue weighted by atomic mass is 35.5. The summed E-state index contributed by atoms with van der Waals surface area (Å²) in [7, 11) is 0. The third-order valence-corrected chi connectivity index (χ3v) is 3.79. The quantitative estimate of drug-likeness (QED) is 0.584. The number of nitriles is 1. The van der Waals surface area contributed by atoms with Crippen LogP contribution >= 0.6 is 11.6 Å². The molecule has 6 heteroatoms. The van der Waals surface area contributed by atoms with Crippen LogP contribution in [0.25, 0.3) is 10.9 Å². The van der Waals surface area contributed by atoms with Gasteiger partial charge in [-0.3, -0.25) is 4.79 Å². The van der Waals surface area contributed by atoms with Gasteiger partial charge in [0.15, 0.2) is 0 Å². The predicted molar refractivity (Wildman–Crippen MR) is 94.1 cm³/mol. The average molecular weight is 337 g/mol. The zero-order chi connectivity index (χ0) is 16.9. The van der Waals surface area contributed by atoms with Crippen molar-refractivity contribution >= 4 is 34.6 Å². The second kappa shape index (κ2) is 6.99. The summed E-state index contributed by atoms with van der Waals surface area (Å²) < 4.78 is 1.84. The lowest BCUT2D eigenvalue weighted by atomic mass is 10.2. The lowest BCUT2D eigenvalue weighted by molar-refractivity contribution is 0.0955. The second-order valence-corrected chi connectivity index (χ2v) is 5.53. The molecule has 0 spiro atoms.